The quantitative estimate of drug-likeness (QED) is 0.107. The van der Waals surface area contributed by atoms with Gasteiger partial charge in [0.05, 0.1) is 40.2 Å². The van der Waals surface area contributed by atoms with Crippen molar-refractivity contribution in [2.75, 3.05) is 34.2 Å². The number of aliphatic hydroxyl groups excluding tert-OH is 1. The summed E-state index contributed by atoms with van der Waals surface area (Å²) in [7, 11) is 6.24. The van der Waals surface area contributed by atoms with E-state index >= 15 is 0 Å². The van der Waals surface area contributed by atoms with E-state index in [1.165, 1.54) is 0 Å². The predicted octanol–water partition coefficient (Wildman–Crippen LogP) is 5.92. The van der Waals surface area contributed by atoms with E-state index in [9.17, 15) is 19.5 Å². The van der Waals surface area contributed by atoms with Crippen LogP contribution >= 0.6 is 0 Å². The molecule has 0 heterocycles. The Bertz CT molecular complexity index is 1900. The van der Waals surface area contributed by atoms with Crippen molar-refractivity contribution in [2.24, 2.45) is 16.8 Å². The van der Waals surface area contributed by atoms with Crippen molar-refractivity contribution in [1.82, 2.24) is 10.6 Å². The second-order valence-electron chi connectivity index (χ2n) is 15.1. The number of nitrogens with two attached hydrogens (primary N) is 1. The third kappa shape index (κ3) is 11.2. The van der Waals surface area contributed by atoms with Crippen LogP contribution in [0.1, 0.15) is 69.7 Å². The highest BCUT2D eigenvalue weighted by atomic mass is 16.6. The molecule has 13 nitrogen and oxygen atoms in total. The number of nitrogens with one attached hydrogen (secondary N) is 2. The molecule has 302 valence electrons. The minimum absolute atomic E-state index is 0.00608. The molecule has 0 radical (unpaired) electrons. The van der Waals surface area contributed by atoms with Gasteiger partial charge in [0.1, 0.15) is 17.4 Å². The van der Waals surface area contributed by atoms with E-state index in [4.69, 9.17) is 29.4 Å². The molecule has 4 unspecified atom stereocenters. The Morgan fingerprint density at radius 1 is 0.929 bits per heavy atom. The normalized spacial score (nSPS) is 15.8. The standard InChI is InChI=1S/C43H56N4O9/c1-25(2)19-34(46-41(50)37(48)33(21-26-13-11-10-12-14-26)47-42(51)56-43(3,4)5)40(49)45-24-27-15-17-29-31(23-36(53-7)39(55-9)38(29)54-8)30(20-27)28-16-18-35(52-6)32(44)22-28/h10-14,16,18,20,22-25,27,33-34,37,48H,15,17,19,21,44H2,1-9H3,(H,46,50)(H,47,51). The van der Waals surface area contributed by atoms with Gasteiger partial charge in [-0.05, 0) is 92.8 Å². The van der Waals surface area contributed by atoms with Crippen molar-refractivity contribution in [3.8, 4) is 23.0 Å². The summed E-state index contributed by atoms with van der Waals surface area (Å²) in [6.07, 6.45) is 2.61. The fourth-order valence-electron chi connectivity index (χ4n) is 6.63. The van der Waals surface area contributed by atoms with Gasteiger partial charge in [-0.2, -0.15) is 0 Å². The van der Waals surface area contributed by atoms with E-state index in [-0.39, 0.29) is 24.7 Å². The number of allylic oxidation sites excluding steroid dienone is 1. The highest BCUT2D eigenvalue weighted by Crippen LogP contribution is 2.47. The van der Waals surface area contributed by atoms with Crippen molar-refractivity contribution >= 4 is 35.4 Å². The Kier molecular flexibility index (Phi) is 14.9. The molecule has 5 N–H and O–H groups in total. The molecule has 0 aromatic heterocycles. The molecular weight excluding hydrogens is 716 g/mol. The summed E-state index contributed by atoms with van der Waals surface area (Å²) < 4.78 is 28.1. The fraction of sp³-hybridized carbons (Fsp3) is 0.442. The molecule has 0 saturated heterocycles. The average Bonchev–Trinajstić information content (AvgIpc) is 3.33. The third-order valence-electron chi connectivity index (χ3n) is 9.24. The predicted molar refractivity (Wildman–Crippen MR) is 217 cm³/mol. The molecule has 13 heteroatoms. The van der Waals surface area contributed by atoms with Crippen molar-refractivity contribution in [1.29, 1.82) is 0 Å². The maximum absolute atomic E-state index is 13.8. The van der Waals surface area contributed by atoms with Crippen LogP contribution in [0, 0.1) is 11.8 Å². The van der Waals surface area contributed by atoms with Gasteiger partial charge < -0.3 is 45.2 Å². The zero-order valence-electron chi connectivity index (χ0n) is 33.8. The molecule has 56 heavy (non-hydrogen) atoms. The average molecular weight is 773 g/mol. The number of carbonyl (C=O) groups excluding carboxylic acids is 3. The van der Waals surface area contributed by atoms with Gasteiger partial charge in [0.2, 0.25) is 5.75 Å². The second kappa shape index (κ2) is 19.3. The van der Waals surface area contributed by atoms with Crippen LogP contribution in [0.4, 0.5) is 10.5 Å². The van der Waals surface area contributed by atoms with Crippen molar-refractivity contribution in [2.45, 2.75) is 84.1 Å². The first-order valence-electron chi connectivity index (χ1n) is 18.7. The SMILES string of the molecule is COc1ccc(C2=CC(C=NC(=O)C(CC(C)C)NC(=O)C(O)C(Cc3ccccc3)NC(=O)OC(C)(C)C)CCc3c2cc(OC)c(OC)c3OC)cc1N. The summed E-state index contributed by atoms with van der Waals surface area (Å²) in [5.41, 5.74) is 10.1. The highest BCUT2D eigenvalue weighted by molar-refractivity contribution is 5.95. The lowest BCUT2D eigenvalue weighted by atomic mass is 9.92. The van der Waals surface area contributed by atoms with Gasteiger partial charge >= 0.3 is 6.09 Å². The van der Waals surface area contributed by atoms with Crippen LogP contribution in [0.3, 0.4) is 0 Å². The Morgan fingerprint density at radius 3 is 2.20 bits per heavy atom. The maximum atomic E-state index is 13.8. The number of aliphatic hydroxyl groups is 1. The molecule has 0 bridgehead atoms. The molecule has 1 aliphatic carbocycles. The molecule has 3 aromatic carbocycles. The monoisotopic (exact) mass is 772 g/mol. The highest BCUT2D eigenvalue weighted by Gasteiger charge is 2.33. The minimum atomic E-state index is -1.71. The molecule has 3 amide bonds. The Balaban J connectivity index is 1.65. The summed E-state index contributed by atoms with van der Waals surface area (Å²) in [6.45, 7) is 8.99. The van der Waals surface area contributed by atoms with Gasteiger partial charge in [-0.1, -0.05) is 56.3 Å². The van der Waals surface area contributed by atoms with Crippen LogP contribution in [0.15, 0.2) is 65.7 Å². The Morgan fingerprint density at radius 2 is 1.61 bits per heavy atom. The number of carbonyl (C=O) groups is 3. The molecule has 1 aliphatic rings. The van der Waals surface area contributed by atoms with E-state index in [1.807, 2.05) is 68.5 Å². The number of alkyl carbamates (subject to hydrolysis) is 1. The van der Waals surface area contributed by atoms with Gasteiger partial charge in [-0.3, -0.25) is 9.59 Å². The van der Waals surface area contributed by atoms with E-state index in [0.29, 0.717) is 41.5 Å². The van der Waals surface area contributed by atoms with Gasteiger partial charge in [-0.25, -0.2) is 9.79 Å². The smallest absolute Gasteiger partial charge is 0.407 e. The number of ether oxygens (including phenoxy) is 5. The number of benzene rings is 3. The molecule has 4 atom stereocenters. The number of aliphatic imine (C=N–C) groups is 1. The first kappa shape index (κ1) is 43.2. The molecule has 0 saturated carbocycles. The number of methoxy groups -OCH3 is 4. The van der Waals surface area contributed by atoms with Crippen molar-refractivity contribution in [3.05, 3.63) is 82.9 Å². The summed E-state index contributed by atoms with van der Waals surface area (Å²) in [6, 6.07) is 14.5. The fourth-order valence-corrected chi connectivity index (χ4v) is 6.63. The number of anilines is 1. The van der Waals surface area contributed by atoms with Crippen LogP contribution in [0.5, 0.6) is 23.0 Å². The first-order chi connectivity index (χ1) is 26.6. The Labute approximate surface area is 329 Å². The van der Waals surface area contributed by atoms with Gasteiger partial charge in [0.25, 0.3) is 11.8 Å². The molecular formula is C43H56N4O9. The van der Waals surface area contributed by atoms with Gasteiger partial charge in [-0.15, -0.1) is 0 Å². The number of amides is 3. The number of rotatable bonds is 15. The van der Waals surface area contributed by atoms with Crippen LogP contribution in [0.25, 0.3) is 5.57 Å². The number of fused-ring (bicyclic) bond motifs is 1. The lowest BCUT2D eigenvalue weighted by molar-refractivity contribution is -0.134. The molecule has 0 aliphatic heterocycles. The zero-order chi connectivity index (χ0) is 41.2. The summed E-state index contributed by atoms with van der Waals surface area (Å²) in [5.74, 6) is 0.278. The largest absolute Gasteiger partial charge is 0.495 e. The lowest BCUT2D eigenvalue weighted by Crippen LogP contribution is -2.55. The maximum Gasteiger partial charge on any atom is 0.407 e. The van der Waals surface area contributed by atoms with Crippen molar-refractivity contribution in [3.63, 3.8) is 0 Å². The minimum Gasteiger partial charge on any atom is -0.495 e. The molecule has 4 rings (SSSR count). The first-order valence-corrected chi connectivity index (χ1v) is 18.7. The number of hydrogen-bond acceptors (Lipinski definition) is 10. The van der Waals surface area contributed by atoms with Crippen molar-refractivity contribution < 1.29 is 43.2 Å². The lowest BCUT2D eigenvalue weighted by Gasteiger charge is -2.27. The zero-order valence-corrected chi connectivity index (χ0v) is 33.8. The molecule has 3 aromatic rings. The van der Waals surface area contributed by atoms with E-state index in [2.05, 4.69) is 15.6 Å². The van der Waals surface area contributed by atoms with Gasteiger partial charge in [0, 0.05) is 17.7 Å². The van der Waals surface area contributed by atoms with Gasteiger partial charge in [0.15, 0.2) is 17.6 Å². The third-order valence-corrected chi connectivity index (χ3v) is 9.24. The molecule has 0 spiro atoms. The van der Waals surface area contributed by atoms with E-state index in [0.717, 1.165) is 27.8 Å². The number of nitrogens with zero attached hydrogens (tertiary/aromatic N) is 1. The second-order valence-corrected chi connectivity index (χ2v) is 15.1. The number of nitrogen functional groups attached to an aromatic ring is 1. The van der Waals surface area contributed by atoms with Crippen LogP contribution in [-0.2, 0) is 27.2 Å². The summed E-state index contributed by atoms with van der Waals surface area (Å²) in [4.78, 5) is 44.6. The van der Waals surface area contributed by atoms with Crippen LogP contribution in [-0.4, -0.2) is 81.5 Å². The molecule has 0 fully saturated rings. The van der Waals surface area contributed by atoms with Crippen LogP contribution < -0.4 is 35.3 Å². The Hall–Kier alpha value is -5.56. The topological polar surface area (TPSA) is 180 Å². The van der Waals surface area contributed by atoms with E-state index < -0.39 is 41.7 Å². The number of hydrogen-bond donors (Lipinski definition) is 4. The summed E-state index contributed by atoms with van der Waals surface area (Å²) in [5, 5.41) is 16.7. The van der Waals surface area contributed by atoms with Crippen LogP contribution in [0.2, 0.25) is 0 Å². The van der Waals surface area contributed by atoms with E-state index in [1.54, 1.807) is 61.5 Å². The summed E-state index contributed by atoms with van der Waals surface area (Å²) >= 11 is 0.